The summed E-state index contributed by atoms with van der Waals surface area (Å²) in [7, 11) is 0. The SMILES string of the molecule is CC(C(=O)N1CCC(C)(O)CC1)c1cccc(N)c1. The maximum absolute atomic E-state index is 12.4. The lowest BCUT2D eigenvalue weighted by atomic mass is 9.92. The average molecular weight is 262 g/mol. The first-order valence-corrected chi connectivity index (χ1v) is 6.76. The van der Waals surface area contributed by atoms with E-state index in [2.05, 4.69) is 0 Å². The van der Waals surface area contributed by atoms with Crippen LogP contribution in [0.3, 0.4) is 0 Å². The van der Waals surface area contributed by atoms with E-state index < -0.39 is 5.60 Å². The Morgan fingerprint density at radius 1 is 1.42 bits per heavy atom. The predicted octanol–water partition coefficient (Wildman–Crippen LogP) is 1.75. The third-order valence-electron chi connectivity index (χ3n) is 3.93. The van der Waals surface area contributed by atoms with E-state index in [1.165, 1.54) is 0 Å². The van der Waals surface area contributed by atoms with Gasteiger partial charge in [-0.15, -0.1) is 0 Å². The molecule has 1 aromatic carbocycles. The Hall–Kier alpha value is -1.55. The lowest BCUT2D eigenvalue weighted by Crippen LogP contribution is -2.46. The second kappa shape index (κ2) is 5.21. The van der Waals surface area contributed by atoms with Crippen LogP contribution in [0.4, 0.5) is 5.69 Å². The summed E-state index contributed by atoms with van der Waals surface area (Å²) in [6.45, 7) is 4.98. The van der Waals surface area contributed by atoms with Crippen molar-refractivity contribution in [2.45, 2.75) is 38.2 Å². The molecule has 0 saturated carbocycles. The van der Waals surface area contributed by atoms with Crippen LogP contribution in [0.25, 0.3) is 0 Å². The van der Waals surface area contributed by atoms with Crippen LogP contribution in [0.2, 0.25) is 0 Å². The number of nitrogens with zero attached hydrogens (tertiary/aromatic N) is 1. The molecule has 0 radical (unpaired) electrons. The number of rotatable bonds is 2. The maximum atomic E-state index is 12.4. The molecule has 19 heavy (non-hydrogen) atoms. The van der Waals surface area contributed by atoms with Crippen molar-refractivity contribution in [2.75, 3.05) is 18.8 Å². The van der Waals surface area contributed by atoms with Gasteiger partial charge in [-0.3, -0.25) is 4.79 Å². The number of amides is 1. The van der Waals surface area contributed by atoms with Gasteiger partial charge in [-0.1, -0.05) is 12.1 Å². The van der Waals surface area contributed by atoms with Gasteiger partial charge in [0.1, 0.15) is 0 Å². The van der Waals surface area contributed by atoms with Crippen molar-refractivity contribution < 1.29 is 9.90 Å². The summed E-state index contributed by atoms with van der Waals surface area (Å²) in [6.07, 6.45) is 1.28. The minimum absolute atomic E-state index is 0.112. The van der Waals surface area contributed by atoms with E-state index in [1.54, 1.807) is 0 Å². The van der Waals surface area contributed by atoms with Crippen LogP contribution in [0.1, 0.15) is 38.2 Å². The van der Waals surface area contributed by atoms with E-state index in [-0.39, 0.29) is 11.8 Å². The number of anilines is 1. The first-order chi connectivity index (χ1) is 8.89. The first kappa shape index (κ1) is 13.9. The van der Waals surface area contributed by atoms with E-state index in [4.69, 9.17) is 5.73 Å². The van der Waals surface area contributed by atoms with Gasteiger partial charge in [-0.05, 0) is 44.4 Å². The number of piperidine rings is 1. The molecule has 1 saturated heterocycles. The normalized spacial score (nSPS) is 20.1. The molecule has 1 aliphatic heterocycles. The second-order valence-electron chi connectivity index (χ2n) is 5.71. The molecular weight excluding hydrogens is 240 g/mol. The van der Waals surface area contributed by atoms with Crippen LogP contribution < -0.4 is 5.73 Å². The van der Waals surface area contributed by atoms with Gasteiger partial charge in [0.25, 0.3) is 0 Å². The molecular formula is C15H22N2O2. The van der Waals surface area contributed by atoms with Crippen LogP contribution in [0, 0.1) is 0 Å². The fourth-order valence-corrected chi connectivity index (χ4v) is 2.45. The molecule has 1 amide bonds. The van der Waals surface area contributed by atoms with Gasteiger partial charge >= 0.3 is 0 Å². The van der Waals surface area contributed by atoms with Gasteiger partial charge in [0.05, 0.1) is 11.5 Å². The molecule has 0 bridgehead atoms. The molecule has 1 heterocycles. The molecule has 1 unspecified atom stereocenters. The Morgan fingerprint density at radius 2 is 2.05 bits per heavy atom. The number of benzene rings is 1. The number of nitrogens with two attached hydrogens (primary N) is 1. The number of carbonyl (C=O) groups is 1. The summed E-state index contributed by atoms with van der Waals surface area (Å²) in [6, 6.07) is 7.47. The average Bonchev–Trinajstić information content (AvgIpc) is 2.37. The first-order valence-electron chi connectivity index (χ1n) is 6.76. The summed E-state index contributed by atoms with van der Waals surface area (Å²) in [5, 5.41) is 9.91. The largest absolute Gasteiger partial charge is 0.399 e. The molecule has 1 atom stereocenters. The highest BCUT2D eigenvalue weighted by molar-refractivity contribution is 5.83. The van der Waals surface area contributed by atoms with E-state index in [9.17, 15) is 9.90 Å². The van der Waals surface area contributed by atoms with E-state index in [1.807, 2.05) is 43.0 Å². The number of hydrogen-bond donors (Lipinski definition) is 2. The van der Waals surface area contributed by atoms with Crippen LogP contribution in [-0.4, -0.2) is 34.6 Å². The summed E-state index contributed by atoms with van der Waals surface area (Å²) >= 11 is 0. The zero-order chi connectivity index (χ0) is 14.0. The molecule has 0 aromatic heterocycles. The van der Waals surface area contributed by atoms with Crippen LogP contribution in [0.15, 0.2) is 24.3 Å². The summed E-state index contributed by atoms with van der Waals surface area (Å²) < 4.78 is 0. The van der Waals surface area contributed by atoms with Crippen LogP contribution in [-0.2, 0) is 4.79 Å². The number of likely N-dealkylation sites (tertiary alicyclic amines) is 1. The summed E-state index contributed by atoms with van der Waals surface area (Å²) in [5.74, 6) is -0.0763. The smallest absolute Gasteiger partial charge is 0.229 e. The Morgan fingerprint density at radius 3 is 2.63 bits per heavy atom. The van der Waals surface area contributed by atoms with Gasteiger partial charge in [-0.25, -0.2) is 0 Å². The van der Waals surface area contributed by atoms with Gasteiger partial charge in [0.2, 0.25) is 5.91 Å². The standard InChI is InChI=1S/C15H22N2O2/c1-11(12-4-3-5-13(16)10-12)14(18)17-8-6-15(2,19)7-9-17/h3-5,10-11,19H,6-9,16H2,1-2H3. The van der Waals surface area contributed by atoms with Gasteiger partial charge in [0.15, 0.2) is 0 Å². The third-order valence-corrected chi connectivity index (χ3v) is 3.93. The predicted molar refractivity (Wildman–Crippen MR) is 75.7 cm³/mol. The minimum atomic E-state index is -0.628. The fraction of sp³-hybridized carbons (Fsp3) is 0.533. The van der Waals surface area contributed by atoms with Gasteiger partial charge in [0, 0.05) is 18.8 Å². The Bertz CT molecular complexity index is 461. The molecule has 4 heteroatoms. The lowest BCUT2D eigenvalue weighted by Gasteiger charge is -2.37. The molecule has 3 N–H and O–H groups in total. The topological polar surface area (TPSA) is 66.6 Å². The molecule has 4 nitrogen and oxygen atoms in total. The zero-order valence-electron chi connectivity index (χ0n) is 11.6. The molecule has 0 spiro atoms. The highest BCUT2D eigenvalue weighted by atomic mass is 16.3. The van der Waals surface area contributed by atoms with Crippen molar-refractivity contribution in [1.29, 1.82) is 0 Å². The van der Waals surface area contributed by atoms with Gasteiger partial charge in [-0.2, -0.15) is 0 Å². The van der Waals surface area contributed by atoms with E-state index in [0.29, 0.717) is 31.6 Å². The molecule has 1 aromatic rings. The van der Waals surface area contributed by atoms with E-state index in [0.717, 1.165) is 5.56 Å². The van der Waals surface area contributed by atoms with Gasteiger partial charge < -0.3 is 15.7 Å². The monoisotopic (exact) mass is 262 g/mol. The molecule has 0 aliphatic carbocycles. The van der Waals surface area contributed by atoms with Crippen molar-refractivity contribution in [3.05, 3.63) is 29.8 Å². The molecule has 2 rings (SSSR count). The molecule has 1 aliphatic rings. The van der Waals surface area contributed by atoms with Crippen molar-refractivity contribution in [3.63, 3.8) is 0 Å². The van der Waals surface area contributed by atoms with Crippen molar-refractivity contribution >= 4 is 11.6 Å². The van der Waals surface area contributed by atoms with Crippen LogP contribution >= 0.6 is 0 Å². The summed E-state index contributed by atoms with van der Waals surface area (Å²) in [5.41, 5.74) is 6.75. The summed E-state index contributed by atoms with van der Waals surface area (Å²) in [4.78, 5) is 14.3. The van der Waals surface area contributed by atoms with E-state index >= 15 is 0 Å². The number of nitrogen functional groups attached to an aromatic ring is 1. The Labute approximate surface area is 114 Å². The highest BCUT2D eigenvalue weighted by Gasteiger charge is 2.31. The quantitative estimate of drug-likeness (QED) is 0.798. The lowest BCUT2D eigenvalue weighted by molar-refractivity contribution is -0.136. The zero-order valence-corrected chi connectivity index (χ0v) is 11.6. The maximum Gasteiger partial charge on any atom is 0.229 e. The number of aliphatic hydroxyl groups is 1. The van der Waals surface area contributed by atoms with Crippen LogP contribution in [0.5, 0.6) is 0 Å². The fourth-order valence-electron chi connectivity index (χ4n) is 2.45. The number of carbonyl (C=O) groups excluding carboxylic acids is 1. The molecule has 104 valence electrons. The third kappa shape index (κ3) is 3.26. The molecule has 1 fully saturated rings. The van der Waals surface area contributed by atoms with Crippen molar-refractivity contribution in [3.8, 4) is 0 Å². The number of hydrogen-bond acceptors (Lipinski definition) is 3. The Kier molecular flexibility index (Phi) is 3.80. The minimum Gasteiger partial charge on any atom is -0.399 e. The second-order valence-corrected chi connectivity index (χ2v) is 5.71. The van der Waals surface area contributed by atoms with Crippen molar-refractivity contribution in [2.24, 2.45) is 0 Å². The Balaban J connectivity index is 2.04. The highest BCUT2D eigenvalue weighted by Crippen LogP contribution is 2.25. The van der Waals surface area contributed by atoms with Crippen molar-refractivity contribution in [1.82, 2.24) is 4.90 Å².